The van der Waals surface area contributed by atoms with Gasteiger partial charge in [0.25, 0.3) is 15.9 Å². The molecular formula is C19H20N2O5S. The molecule has 1 saturated carbocycles. The van der Waals surface area contributed by atoms with E-state index in [4.69, 9.17) is 5.11 Å². The summed E-state index contributed by atoms with van der Waals surface area (Å²) in [5, 5.41) is 11.6. The predicted octanol–water partition coefficient (Wildman–Crippen LogP) is 2.39. The van der Waals surface area contributed by atoms with E-state index in [2.05, 4.69) is 10.0 Å². The number of amides is 1. The maximum atomic E-state index is 12.5. The lowest BCUT2D eigenvalue weighted by Gasteiger charge is -2.32. The topological polar surface area (TPSA) is 113 Å². The van der Waals surface area contributed by atoms with Crippen LogP contribution in [0.1, 0.15) is 28.8 Å². The second-order valence-corrected chi connectivity index (χ2v) is 8.30. The van der Waals surface area contributed by atoms with Gasteiger partial charge in [0.2, 0.25) is 0 Å². The van der Waals surface area contributed by atoms with Gasteiger partial charge in [-0.05, 0) is 55.7 Å². The Morgan fingerprint density at radius 2 is 1.67 bits per heavy atom. The maximum Gasteiger partial charge on any atom is 0.306 e. The second-order valence-electron chi connectivity index (χ2n) is 6.62. The van der Waals surface area contributed by atoms with Crippen molar-refractivity contribution in [1.82, 2.24) is 5.32 Å². The zero-order chi connectivity index (χ0) is 19.6. The first-order valence-electron chi connectivity index (χ1n) is 8.48. The number of benzene rings is 2. The van der Waals surface area contributed by atoms with Crippen LogP contribution in [0, 0.1) is 12.8 Å². The lowest BCUT2D eigenvalue weighted by Crippen LogP contribution is -2.46. The van der Waals surface area contributed by atoms with E-state index in [9.17, 15) is 18.0 Å². The van der Waals surface area contributed by atoms with Crippen LogP contribution in [-0.4, -0.2) is 31.4 Å². The Labute approximate surface area is 157 Å². The van der Waals surface area contributed by atoms with Crippen LogP contribution in [-0.2, 0) is 14.8 Å². The molecule has 1 aliphatic carbocycles. The van der Waals surface area contributed by atoms with E-state index in [1.807, 2.05) is 6.07 Å². The highest BCUT2D eigenvalue weighted by atomic mass is 32.2. The maximum absolute atomic E-state index is 12.5. The van der Waals surface area contributed by atoms with Gasteiger partial charge in [0.15, 0.2) is 0 Å². The number of hydrogen-bond acceptors (Lipinski definition) is 4. The zero-order valence-electron chi connectivity index (χ0n) is 14.7. The zero-order valence-corrected chi connectivity index (χ0v) is 15.5. The standard InChI is InChI=1S/C19H20N2O5S/c1-12-4-2-3-5-17(12)21-27(25,26)16-8-6-13(7-9-16)18(22)20-15-10-14(11-15)19(23)24/h2-9,14-15,21H,10-11H2,1H3,(H,20,22)(H,23,24). The Kier molecular flexibility index (Phi) is 5.18. The predicted molar refractivity (Wildman–Crippen MR) is 100 cm³/mol. The minimum absolute atomic E-state index is 0.0527. The number of hydrogen-bond donors (Lipinski definition) is 3. The van der Waals surface area contributed by atoms with Crippen LogP contribution in [0.25, 0.3) is 0 Å². The lowest BCUT2D eigenvalue weighted by molar-refractivity contribution is -0.145. The minimum atomic E-state index is -3.76. The summed E-state index contributed by atoms with van der Waals surface area (Å²) < 4.78 is 27.5. The van der Waals surface area contributed by atoms with Gasteiger partial charge >= 0.3 is 5.97 Å². The molecule has 27 heavy (non-hydrogen) atoms. The number of anilines is 1. The van der Waals surface area contributed by atoms with Crippen LogP contribution >= 0.6 is 0 Å². The summed E-state index contributed by atoms with van der Waals surface area (Å²) in [5.74, 6) is -1.61. The fourth-order valence-electron chi connectivity index (χ4n) is 2.88. The highest BCUT2D eigenvalue weighted by Gasteiger charge is 2.35. The first kappa shape index (κ1) is 18.9. The molecule has 7 nitrogen and oxygen atoms in total. The van der Waals surface area contributed by atoms with Gasteiger partial charge in [-0.25, -0.2) is 8.42 Å². The molecule has 2 aromatic carbocycles. The van der Waals surface area contributed by atoms with Gasteiger partial charge in [-0.1, -0.05) is 18.2 Å². The van der Waals surface area contributed by atoms with E-state index < -0.39 is 21.9 Å². The van der Waals surface area contributed by atoms with Gasteiger partial charge in [-0.3, -0.25) is 14.3 Å². The number of aryl methyl sites for hydroxylation is 1. The third-order valence-corrected chi connectivity index (χ3v) is 6.02. The number of rotatable bonds is 6. The van der Waals surface area contributed by atoms with Crippen molar-refractivity contribution in [2.24, 2.45) is 5.92 Å². The van der Waals surface area contributed by atoms with E-state index in [-0.39, 0.29) is 16.8 Å². The monoisotopic (exact) mass is 388 g/mol. The van der Waals surface area contributed by atoms with Gasteiger partial charge in [-0.2, -0.15) is 0 Å². The summed E-state index contributed by atoms with van der Waals surface area (Å²) in [6.45, 7) is 1.81. The molecule has 0 aromatic heterocycles. The van der Waals surface area contributed by atoms with Gasteiger partial charge in [0.1, 0.15) is 0 Å². The lowest BCUT2D eigenvalue weighted by atomic mass is 9.80. The molecule has 2 aromatic rings. The van der Waals surface area contributed by atoms with E-state index in [1.165, 1.54) is 24.3 Å². The van der Waals surface area contributed by atoms with Crippen molar-refractivity contribution in [1.29, 1.82) is 0 Å². The van der Waals surface area contributed by atoms with Crippen molar-refractivity contribution < 1.29 is 23.1 Å². The summed E-state index contributed by atoms with van der Waals surface area (Å²) in [6.07, 6.45) is 0.821. The summed E-state index contributed by atoms with van der Waals surface area (Å²) >= 11 is 0. The van der Waals surface area contributed by atoms with Crippen LogP contribution in [0.15, 0.2) is 53.4 Å². The van der Waals surface area contributed by atoms with Crippen LogP contribution in [0.5, 0.6) is 0 Å². The Morgan fingerprint density at radius 1 is 1.04 bits per heavy atom. The van der Waals surface area contributed by atoms with Crippen LogP contribution in [0.3, 0.4) is 0 Å². The largest absolute Gasteiger partial charge is 0.481 e. The molecule has 3 rings (SSSR count). The van der Waals surface area contributed by atoms with E-state index in [1.54, 1.807) is 25.1 Å². The van der Waals surface area contributed by atoms with Crippen molar-refractivity contribution in [3.8, 4) is 0 Å². The number of carbonyl (C=O) groups is 2. The van der Waals surface area contributed by atoms with Gasteiger partial charge < -0.3 is 10.4 Å². The first-order chi connectivity index (χ1) is 12.8. The number of carbonyl (C=O) groups excluding carboxylic acids is 1. The Hall–Kier alpha value is -2.87. The van der Waals surface area contributed by atoms with E-state index in [0.717, 1.165) is 5.56 Å². The summed E-state index contributed by atoms with van der Waals surface area (Å²) in [4.78, 5) is 23.0. The second kappa shape index (κ2) is 7.40. The molecule has 0 aliphatic heterocycles. The molecule has 0 saturated heterocycles. The molecule has 0 unspecified atom stereocenters. The van der Waals surface area contributed by atoms with Crippen molar-refractivity contribution in [3.63, 3.8) is 0 Å². The van der Waals surface area contributed by atoms with Gasteiger partial charge in [0.05, 0.1) is 16.5 Å². The molecule has 0 atom stereocenters. The molecule has 1 aliphatic rings. The molecule has 8 heteroatoms. The number of carboxylic acid groups (broad SMARTS) is 1. The van der Waals surface area contributed by atoms with Crippen LogP contribution < -0.4 is 10.0 Å². The van der Waals surface area contributed by atoms with E-state index >= 15 is 0 Å². The van der Waals surface area contributed by atoms with Gasteiger partial charge in [-0.15, -0.1) is 0 Å². The normalized spacial score (nSPS) is 19.0. The number of sulfonamides is 1. The summed E-state index contributed by atoms with van der Waals surface area (Å²) in [5.41, 5.74) is 1.62. The number of nitrogens with one attached hydrogen (secondary N) is 2. The van der Waals surface area contributed by atoms with Gasteiger partial charge in [0, 0.05) is 11.6 Å². The highest BCUT2D eigenvalue weighted by Crippen LogP contribution is 2.27. The summed E-state index contributed by atoms with van der Waals surface area (Å²) in [7, 11) is -3.76. The average Bonchev–Trinajstić information content (AvgIpc) is 2.59. The van der Waals surface area contributed by atoms with Crippen LogP contribution in [0.4, 0.5) is 5.69 Å². The number of carboxylic acids is 1. The Morgan fingerprint density at radius 3 is 2.26 bits per heavy atom. The van der Waals surface area contributed by atoms with Crippen molar-refractivity contribution in [2.75, 3.05) is 4.72 Å². The average molecular weight is 388 g/mol. The minimum Gasteiger partial charge on any atom is -0.481 e. The third-order valence-electron chi connectivity index (χ3n) is 4.64. The molecule has 0 bridgehead atoms. The van der Waals surface area contributed by atoms with Crippen molar-refractivity contribution >= 4 is 27.6 Å². The number of aliphatic carboxylic acids is 1. The number of para-hydroxylation sites is 1. The molecule has 0 heterocycles. The molecule has 1 fully saturated rings. The molecular weight excluding hydrogens is 368 g/mol. The van der Waals surface area contributed by atoms with Crippen molar-refractivity contribution in [2.45, 2.75) is 30.7 Å². The molecule has 1 amide bonds. The Balaban J connectivity index is 1.65. The smallest absolute Gasteiger partial charge is 0.306 e. The highest BCUT2D eigenvalue weighted by molar-refractivity contribution is 7.92. The van der Waals surface area contributed by atoms with Crippen molar-refractivity contribution in [3.05, 3.63) is 59.7 Å². The van der Waals surface area contributed by atoms with E-state index in [0.29, 0.717) is 24.1 Å². The van der Waals surface area contributed by atoms with Crippen LogP contribution in [0.2, 0.25) is 0 Å². The summed E-state index contributed by atoms with van der Waals surface area (Å²) in [6, 6.07) is 12.5. The Bertz CT molecular complexity index is 964. The quantitative estimate of drug-likeness (QED) is 0.703. The third kappa shape index (κ3) is 4.28. The molecule has 142 valence electrons. The molecule has 3 N–H and O–H groups in total. The fraction of sp³-hybridized carbons (Fsp3) is 0.263. The fourth-order valence-corrected chi connectivity index (χ4v) is 4.01. The first-order valence-corrected chi connectivity index (χ1v) is 9.97. The SMILES string of the molecule is Cc1ccccc1NS(=O)(=O)c1ccc(C(=O)NC2CC(C(=O)O)C2)cc1. The molecule has 0 radical (unpaired) electrons. The molecule has 0 spiro atoms.